The van der Waals surface area contributed by atoms with Crippen molar-refractivity contribution < 1.29 is 14.3 Å². The lowest BCUT2D eigenvalue weighted by Crippen LogP contribution is -2.28. The molecular weight excluding hydrogens is 397 g/mol. The molecule has 2 aromatic rings. The number of rotatable bonds is 13. The van der Waals surface area contributed by atoms with Crippen molar-refractivity contribution in [2.24, 2.45) is 0 Å². The second-order valence-corrected chi connectivity index (χ2v) is 8.49. The first-order valence-corrected chi connectivity index (χ1v) is 11.5. The third-order valence-electron chi connectivity index (χ3n) is 5.91. The van der Waals surface area contributed by atoms with Crippen molar-refractivity contribution >= 4 is 22.6 Å². The fraction of sp³-hybridized carbons (Fsp3) is 0.583. The average Bonchev–Trinajstić information content (AvgIpc) is 3.58. The van der Waals surface area contributed by atoms with Crippen LogP contribution in [-0.2, 0) is 0 Å². The predicted octanol–water partition coefficient (Wildman–Crippen LogP) is 4.88. The number of carboxylic acid groups (broad SMARTS) is 1. The summed E-state index contributed by atoms with van der Waals surface area (Å²) in [5.74, 6) is -1.80. The van der Waals surface area contributed by atoms with Crippen molar-refractivity contribution in [2.75, 3.05) is 31.5 Å². The van der Waals surface area contributed by atoms with Gasteiger partial charge in [-0.25, -0.2) is 9.18 Å². The average molecular weight is 432 g/mol. The van der Waals surface area contributed by atoms with Crippen LogP contribution in [0.3, 0.4) is 0 Å². The summed E-state index contributed by atoms with van der Waals surface area (Å²) >= 11 is 0. The number of fused-ring (bicyclic) bond motifs is 1. The number of benzene rings is 1. The highest BCUT2D eigenvalue weighted by atomic mass is 19.1. The van der Waals surface area contributed by atoms with Crippen LogP contribution in [0.4, 0.5) is 10.1 Å². The van der Waals surface area contributed by atoms with Crippen LogP contribution in [-0.4, -0.2) is 46.7 Å². The molecule has 6 nitrogen and oxygen atoms in total. The predicted molar refractivity (Wildman–Crippen MR) is 123 cm³/mol. The SMILES string of the molecule is CCCCN(CCCC)CCCNc1cc2c(cc1F)c(=O)c(C(=O)O)cn2C1CC1. The molecule has 1 aliphatic carbocycles. The summed E-state index contributed by atoms with van der Waals surface area (Å²) in [6, 6.07) is 3.01. The maximum absolute atomic E-state index is 14.7. The Bertz CT molecular complexity index is 961. The summed E-state index contributed by atoms with van der Waals surface area (Å²) in [6.07, 6.45) is 8.90. The van der Waals surface area contributed by atoms with Crippen LogP contribution >= 0.6 is 0 Å². The van der Waals surface area contributed by atoms with Gasteiger partial charge >= 0.3 is 5.97 Å². The number of carbonyl (C=O) groups is 1. The van der Waals surface area contributed by atoms with Crippen LogP contribution in [0, 0.1) is 5.82 Å². The van der Waals surface area contributed by atoms with Gasteiger partial charge in [0.1, 0.15) is 11.4 Å². The Hall–Kier alpha value is -2.41. The second-order valence-electron chi connectivity index (χ2n) is 8.49. The van der Waals surface area contributed by atoms with Gasteiger partial charge < -0.3 is 19.9 Å². The van der Waals surface area contributed by atoms with Crippen LogP contribution < -0.4 is 10.7 Å². The van der Waals surface area contributed by atoms with E-state index in [2.05, 4.69) is 24.1 Å². The lowest BCUT2D eigenvalue weighted by Gasteiger charge is -2.22. The van der Waals surface area contributed by atoms with E-state index in [1.54, 1.807) is 6.07 Å². The summed E-state index contributed by atoms with van der Waals surface area (Å²) in [5.41, 5.74) is 0.0121. The van der Waals surface area contributed by atoms with Crippen LogP contribution in [0.1, 0.15) is 75.2 Å². The molecule has 1 saturated carbocycles. The van der Waals surface area contributed by atoms with Gasteiger partial charge in [-0.2, -0.15) is 0 Å². The number of aromatic carboxylic acids is 1. The smallest absolute Gasteiger partial charge is 0.341 e. The molecule has 0 saturated heterocycles. The quantitative estimate of drug-likeness (QED) is 0.442. The molecule has 3 rings (SSSR count). The minimum atomic E-state index is -1.28. The zero-order valence-electron chi connectivity index (χ0n) is 18.6. The van der Waals surface area contributed by atoms with Crippen molar-refractivity contribution in [3.05, 3.63) is 39.9 Å². The lowest BCUT2D eigenvalue weighted by atomic mass is 10.1. The maximum atomic E-state index is 14.7. The van der Waals surface area contributed by atoms with Crippen LogP contribution in [0.15, 0.2) is 23.1 Å². The summed E-state index contributed by atoms with van der Waals surface area (Å²) in [5, 5.41) is 12.7. The zero-order valence-corrected chi connectivity index (χ0v) is 18.6. The van der Waals surface area contributed by atoms with Gasteiger partial charge in [0, 0.05) is 24.2 Å². The number of hydrogen-bond donors (Lipinski definition) is 2. The fourth-order valence-corrected chi connectivity index (χ4v) is 3.94. The van der Waals surface area contributed by atoms with Crippen molar-refractivity contribution in [3.8, 4) is 0 Å². The molecule has 0 aliphatic heterocycles. The molecular formula is C24H34FN3O3. The highest BCUT2D eigenvalue weighted by Gasteiger charge is 2.27. The number of hydrogen-bond acceptors (Lipinski definition) is 4. The van der Waals surface area contributed by atoms with Gasteiger partial charge in [0.05, 0.1) is 11.2 Å². The molecule has 0 radical (unpaired) electrons. The van der Waals surface area contributed by atoms with Crippen molar-refractivity contribution in [1.82, 2.24) is 9.47 Å². The van der Waals surface area contributed by atoms with Gasteiger partial charge in [0.2, 0.25) is 5.43 Å². The van der Waals surface area contributed by atoms with E-state index >= 15 is 0 Å². The first-order chi connectivity index (χ1) is 15.0. The molecule has 1 fully saturated rings. The van der Waals surface area contributed by atoms with Gasteiger partial charge in [-0.05, 0) is 63.9 Å². The van der Waals surface area contributed by atoms with Gasteiger partial charge in [0.25, 0.3) is 0 Å². The third kappa shape index (κ3) is 5.85. The number of unbranched alkanes of at least 4 members (excludes halogenated alkanes) is 2. The lowest BCUT2D eigenvalue weighted by molar-refractivity contribution is 0.0695. The largest absolute Gasteiger partial charge is 0.477 e. The van der Waals surface area contributed by atoms with Gasteiger partial charge in [0.15, 0.2) is 0 Å². The van der Waals surface area contributed by atoms with E-state index < -0.39 is 17.2 Å². The molecule has 0 bridgehead atoms. The van der Waals surface area contributed by atoms with Crippen LogP contribution in [0.5, 0.6) is 0 Å². The van der Waals surface area contributed by atoms with Gasteiger partial charge in [-0.15, -0.1) is 0 Å². The minimum Gasteiger partial charge on any atom is -0.477 e. The molecule has 1 aromatic carbocycles. The number of anilines is 1. The molecule has 0 unspecified atom stereocenters. The normalized spacial score (nSPS) is 13.8. The van der Waals surface area contributed by atoms with E-state index in [4.69, 9.17) is 0 Å². The molecule has 0 amide bonds. The summed E-state index contributed by atoms with van der Waals surface area (Å²) in [6.45, 7) is 8.20. The Morgan fingerprint density at radius 1 is 1.16 bits per heavy atom. The van der Waals surface area contributed by atoms with E-state index in [0.717, 1.165) is 38.9 Å². The minimum absolute atomic E-state index is 0.125. The maximum Gasteiger partial charge on any atom is 0.341 e. The van der Waals surface area contributed by atoms with E-state index in [1.165, 1.54) is 37.9 Å². The van der Waals surface area contributed by atoms with Crippen molar-refractivity contribution in [2.45, 2.75) is 64.8 Å². The van der Waals surface area contributed by atoms with Gasteiger partial charge in [-0.3, -0.25) is 4.79 Å². The topological polar surface area (TPSA) is 74.6 Å². The van der Waals surface area contributed by atoms with Crippen molar-refractivity contribution in [1.29, 1.82) is 0 Å². The highest BCUT2D eigenvalue weighted by molar-refractivity contribution is 5.93. The number of nitrogens with zero attached hydrogens (tertiary/aromatic N) is 2. The van der Waals surface area contributed by atoms with Gasteiger partial charge in [-0.1, -0.05) is 26.7 Å². The Morgan fingerprint density at radius 2 is 1.81 bits per heavy atom. The third-order valence-corrected chi connectivity index (χ3v) is 5.91. The Kier molecular flexibility index (Phi) is 8.07. The number of nitrogens with one attached hydrogen (secondary N) is 1. The Morgan fingerprint density at radius 3 is 2.39 bits per heavy atom. The number of aromatic nitrogens is 1. The molecule has 31 heavy (non-hydrogen) atoms. The summed E-state index contributed by atoms with van der Waals surface area (Å²) in [4.78, 5) is 26.5. The van der Waals surface area contributed by atoms with Crippen LogP contribution in [0.25, 0.3) is 10.9 Å². The number of pyridine rings is 1. The summed E-state index contributed by atoms with van der Waals surface area (Å²) < 4.78 is 16.6. The monoisotopic (exact) mass is 431 g/mol. The fourth-order valence-electron chi connectivity index (χ4n) is 3.94. The standard InChI is InChI=1S/C24H34FN3O3/c1-3-5-11-27(12-6-4-2)13-7-10-26-21-15-22-18(14-20(21)25)23(29)19(24(30)31)16-28(22)17-8-9-17/h14-17,26H,3-13H2,1-2H3,(H,30,31). The second kappa shape index (κ2) is 10.8. The molecule has 1 aromatic heterocycles. The molecule has 7 heteroatoms. The number of halogens is 1. The van der Waals surface area contributed by atoms with E-state index in [1.807, 2.05) is 4.57 Å². The van der Waals surface area contributed by atoms with E-state index in [0.29, 0.717) is 17.7 Å². The molecule has 0 atom stereocenters. The highest BCUT2D eigenvalue weighted by Crippen LogP contribution is 2.37. The number of carboxylic acids is 1. The first-order valence-electron chi connectivity index (χ1n) is 11.5. The molecule has 170 valence electrons. The Balaban J connectivity index is 1.73. The molecule has 1 heterocycles. The van der Waals surface area contributed by atoms with Crippen LogP contribution in [0.2, 0.25) is 0 Å². The molecule has 1 aliphatic rings. The molecule has 0 spiro atoms. The zero-order chi connectivity index (χ0) is 22.4. The molecule has 2 N–H and O–H groups in total. The Labute approximate surface area is 183 Å². The van der Waals surface area contributed by atoms with E-state index in [-0.39, 0.29) is 17.0 Å². The van der Waals surface area contributed by atoms with Crippen molar-refractivity contribution in [3.63, 3.8) is 0 Å². The first kappa shape index (κ1) is 23.3. The summed E-state index contributed by atoms with van der Waals surface area (Å²) in [7, 11) is 0. The van der Waals surface area contributed by atoms with E-state index in [9.17, 15) is 19.1 Å².